The largest absolute Gasteiger partial charge is 0.483 e. The first-order valence-corrected chi connectivity index (χ1v) is 14.3. The Morgan fingerprint density at radius 2 is 1.82 bits per heavy atom. The molecule has 218 valence electrons. The molecule has 7 N–H and O–H groups in total. The van der Waals surface area contributed by atoms with Gasteiger partial charge in [0.15, 0.2) is 6.29 Å². The summed E-state index contributed by atoms with van der Waals surface area (Å²) in [6.07, 6.45) is -8.06. The zero-order valence-corrected chi connectivity index (χ0v) is 22.6. The number of carbonyl (C=O) groups is 1. The van der Waals surface area contributed by atoms with Gasteiger partial charge in [0.2, 0.25) is 0 Å². The predicted molar refractivity (Wildman–Crippen MR) is 125 cm³/mol. The summed E-state index contributed by atoms with van der Waals surface area (Å²) in [6, 6.07) is -1.10. The lowest BCUT2D eigenvalue weighted by atomic mass is 9.95. The maximum Gasteiger partial charge on any atom is 0.483 e. The molecular formula is C19H33N3O14P2. The predicted octanol–water partition coefficient (Wildman–Crippen LogP) is -2.11. The maximum atomic E-state index is 12.4. The molecule has 0 saturated carbocycles. The average molecular weight is 589 g/mol. The van der Waals surface area contributed by atoms with Gasteiger partial charge in [-0.1, -0.05) is 6.58 Å². The van der Waals surface area contributed by atoms with E-state index in [1.165, 1.54) is 30.1 Å². The van der Waals surface area contributed by atoms with Crippen LogP contribution in [0.3, 0.4) is 0 Å². The van der Waals surface area contributed by atoms with E-state index in [2.05, 4.69) is 16.2 Å². The topological polar surface area (TPSA) is 237 Å². The molecule has 1 amide bonds. The summed E-state index contributed by atoms with van der Waals surface area (Å²) in [5, 5.41) is 42.9. The highest BCUT2D eigenvalue weighted by molar-refractivity contribution is 7.61. The summed E-state index contributed by atoms with van der Waals surface area (Å²) in [5.74, 6) is -0.168. The van der Waals surface area contributed by atoms with Crippen molar-refractivity contribution < 1.29 is 67.0 Å². The molecule has 19 heteroatoms. The van der Waals surface area contributed by atoms with E-state index in [-0.39, 0.29) is 18.1 Å². The van der Waals surface area contributed by atoms with E-state index < -0.39 is 77.9 Å². The molecule has 0 aliphatic carbocycles. The minimum absolute atomic E-state index is 0.00666. The van der Waals surface area contributed by atoms with Crippen molar-refractivity contribution in [1.29, 1.82) is 0 Å². The third-order valence-electron chi connectivity index (χ3n) is 6.06. The number of nitrogens with one attached hydrogen (secondary N) is 1. The number of aliphatic hydroxyl groups is 4. The van der Waals surface area contributed by atoms with E-state index in [0.29, 0.717) is 5.57 Å². The molecule has 2 saturated heterocycles. The fourth-order valence-electron chi connectivity index (χ4n) is 4.17. The normalized spacial score (nSPS) is 37.5. The quantitative estimate of drug-likeness (QED) is 0.135. The van der Waals surface area contributed by atoms with Gasteiger partial charge in [0.05, 0.1) is 25.4 Å². The Labute approximate surface area is 218 Å². The summed E-state index contributed by atoms with van der Waals surface area (Å²) in [6.45, 7) is 3.78. The van der Waals surface area contributed by atoms with Crippen LogP contribution in [-0.4, -0.2) is 122 Å². The summed E-state index contributed by atoms with van der Waals surface area (Å²) in [7, 11) is -7.78. The number of rotatable bonds is 10. The molecule has 3 rings (SSSR count). The lowest BCUT2D eigenvalue weighted by Crippen LogP contribution is -2.63. The van der Waals surface area contributed by atoms with Crippen molar-refractivity contribution >= 4 is 21.6 Å². The van der Waals surface area contributed by atoms with Crippen molar-refractivity contribution in [2.45, 2.75) is 62.4 Å². The van der Waals surface area contributed by atoms with E-state index in [1.807, 2.05) is 0 Å². The fourth-order valence-corrected chi connectivity index (χ4v) is 6.33. The molecule has 17 nitrogen and oxygen atoms in total. The molecule has 0 spiro atoms. The number of carbonyl (C=O) groups excluding carboxylic acids is 1. The Morgan fingerprint density at radius 1 is 1.16 bits per heavy atom. The van der Waals surface area contributed by atoms with Gasteiger partial charge in [0, 0.05) is 18.2 Å². The minimum atomic E-state index is -5.44. The van der Waals surface area contributed by atoms with Crippen LogP contribution in [0.15, 0.2) is 24.2 Å². The van der Waals surface area contributed by atoms with E-state index >= 15 is 0 Å². The second kappa shape index (κ2) is 12.1. The van der Waals surface area contributed by atoms with E-state index in [9.17, 15) is 44.1 Å². The van der Waals surface area contributed by atoms with E-state index in [0.717, 1.165) is 0 Å². The van der Waals surface area contributed by atoms with Crippen molar-refractivity contribution in [3.8, 4) is 0 Å². The molecule has 3 aliphatic heterocycles. The first-order chi connectivity index (χ1) is 17.5. The molecular weight excluding hydrogens is 556 g/mol. The molecule has 3 heterocycles. The third-order valence-corrected chi connectivity index (χ3v) is 8.67. The number of hydrogen-bond acceptors (Lipinski definition) is 14. The lowest BCUT2D eigenvalue weighted by molar-refractivity contribution is -0.266. The van der Waals surface area contributed by atoms with Crippen LogP contribution in [0.2, 0.25) is 0 Å². The minimum Gasteiger partial charge on any atom is -0.394 e. The van der Waals surface area contributed by atoms with Crippen LogP contribution < -0.4 is 5.32 Å². The molecule has 0 radical (unpaired) electrons. The van der Waals surface area contributed by atoms with Gasteiger partial charge >= 0.3 is 15.6 Å². The summed E-state index contributed by atoms with van der Waals surface area (Å²) in [4.78, 5) is 34.5. The van der Waals surface area contributed by atoms with E-state index in [1.54, 1.807) is 6.92 Å². The molecule has 10 atom stereocenters. The SMILES string of the molecule is C=C1NC(=O)C(C)=CN1[C@H]1CC(O)[C@@H](COP(=O)(O)OP(=O)(O)O[C@H]2OC(CO)[C@@H](O)[C@H](N(C)C)C2O)O1. The van der Waals surface area contributed by atoms with Gasteiger partial charge in [-0.3, -0.25) is 13.8 Å². The van der Waals surface area contributed by atoms with Gasteiger partial charge < -0.3 is 54.8 Å². The van der Waals surface area contributed by atoms with Gasteiger partial charge in [-0.2, -0.15) is 4.31 Å². The number of nitrogens with zero attached hydrogens (tertiary/aromatic N) is 2. The zero-order valence-electron chi connectivity index (χ0n) is 20.8. The number of likely N-dealkylation sites (N-methyl/N-ethyl adjacent to an activating group) is 1. The second-order valence-corrected chi connectivity index (χ2v) is 12.1. The van der Waals surface area contributed by atoms with Crippen LogP contribution in [-0.2, 0) is 36.8 Å². The number of ether oxygens (including phenoxy) is 2. The van der Waals surface area contributed by atoms with Gasteiger partial charge in [0.1, 0.15) is 36.5 Å². The zero-order chi connectivity index (χ0) is 28.6. The van der Waals surface area contributed by atoms with Gasteiger partial charge in [-0.05, 0) is 21.0 Å². The highest BCUT2D eigenvalue weighted by atomic mass is 31.3. The number of amides is 1. The molecule has 0 aromatic heterocycles. The molecule has 0 aromatic carbocycles. The van der Waals surface area contributed by atoms with Gasteiger partial charge in [-0.15, -0.1) is 0 Å². The van der Waals surface area contributed by atoms with Crippen molar-refractivity contribution in [1.82, 2.24) is 15.1 Å². The number of phosphoric acid groups is 2. The Balaban J connectivity index is 1.59. The number of hydrogen-bond donors (Lipinski definition) is 7. The van der Waals surface area contributed by atoms with Crippen molar-refractivity contribution in [3.05, 3.63) is 24.2 Å². The lowest BCUT2D eigenvalue weighted by Gasteiger charge is -2.44. The molecule has 0 aromatic rings. The Morgan fingerprint density at radius 3 is 2.42 bits per heavy atom. The first kappa shape index (κ1) is 31.3. The Bertz CT molecular complexity index is 1030. The fraction of sp³-hybridized carbons (Fsp3) is 0.737. The van der Waals surface area contributed by atoms with Crippen molar-refractivity contribution in [2.24, 2.45) is 0 Å². The van der Waals surface area contributed by atoms with Crippen LogP contribution in [0.4, 0.5) is 0 Å². The van der Waals surface area contributed by atoms with Crippen molar-refractivity contribution in [2.75, 3.05) is 27.3 Å². The summed E-state index contributed by atoms with van der Waals surface area (Å²) >= 11 is 0. The van der Waals surface area contributed by atoms with Crippen LogP contribution in [0.25, 0.3) is 0 Å². The third kappa shape index (κ3) is 7.27. The van der Waals surface area contributed by atoms with Gasteiger partial charge in [0.25, 0.3) is 5.91 Å². The van der Waals surface area contributed by atoms with Crippen LogP contribution in [0.5, 0.6) is 0 Å². The smallest absolute Gasteiger partial charge is 0.394 e. The highest BCUT2D eigenvalue weighted by Gasteiger charge is 2.50. The molecule has 2 fully saturated rings. The Hall–Kier alpha value is -1.27. The molecule has 38 heavy (non-hydrogen) atoms. The summed E-state index contributed by atoms with van der Waals surface area (Å²) in [5.41, 5.74) is 0.353. The van der Waals surface area contributed by atoms with Gasteiger partial charge in [-0.25, -0.2) is 9.13 Å². The first-order valence-electron chi connectivity index (χ1n) is 11.3. The highest BCUT2D eigenvalue weighted by Crippen LogP contribution is 2.61. The maximum absolute atomic E-state index is 12.4. The summed E-state index contributed by atoms with van der Waals surface area (Å²) < 4.78 is 49.3. The van der Waals surface area contributed by atoms with E-state index in [4.69, 9.17) is 18.5 Å². The van der Waals surface area contributed by atoms with Crippen LogP contribution >= 0.6 is 15.6 Å². The standard InChI is InChI=1S/C19H33N3O14P2/c1-9-6-22(10(2)20-18(9)27)14-5-11(24)13(33-14)8-32-37(28,29)36-38(30,31)35-19-17(26)15(21(3)4)16(25)12(7-23)34-19/h6,11-17,19,23-26H,2,5,7-8H2,1,3-4H3,(H,20,27)(H,28,29)(H,30,31)/t11?,12?,13-,14-,15+,16-,17?,19-/m1/s1. The van der Waals surface area contributed by atoms with Crippen molar-refractivity contribution in [3.63, 3.8) is 0 Å². The molecule has 0 bridgehead atoms. The molecule has 5 unspecified atom stereocenters. The Kier molecular flexibility index (Phi) is 9.94. The molecule has 3 aliphatic rings. The monoisotopic (exact) mass is 589 g/mol. The van der Waals surface area contributed by atoms with Crippen LogP contribution in [0.1, 0.15) is 13.3 Å². The number of phosphoric ester groups is 2. The number of aliphatic hydroxyl groups excluding tert-OH is 4. The second-order valence-electron chi connectivity index (χ2n) is 9.13. The van der Waals surface area contributed by atoms with Crippen LogP contribution in [0, 0.1) is 0 Å². The average Bonchev–Trinajstić information content (AvgIpc) is 3.16.